The summed E-state index contributed by atoms with van der Waals surface area (Å²) in [6.45, 7) is 0. The Morgan fingerprint density at radius 3 is 2.36 bits per heavy atom. The van der Waals surface area contributed by atoms with Gasteiger partial charge in [0.15, 0.2) is 10.6 Å². The third-order valence-corrected chi connectivity index (χ3v) is 5.23. The number of hydrogen-bond donors (Lipinski definition) is 1. The number of aromatic nitrogens is 1. The zero-order chi connectivity index (χ0) is 17.6. The van der Waals surface area contributed by atoms with Crippen LogP contribution in [0.25, 0.3) is 26.7 Å². The lowest BCUT2D eigenvalue weighted by molar-refractivity contribution is 0.0603. The number of pyridine rings is 1. The standard InChI is InChI=1S/C19H13NO4S/c1-24-19(23)16-15(21)14-12-9-5-6-10-13(12)17(22)20(18(14)25-16)11-7-3-2-4-8-11/h2-10,21H,1H3. The molecule has 0 unspecified atom stereocenters. The zero-order valence-corrected chi connectivity index (χ0v) is 14.0. The van der Waals surface area contributed by atoms with Crippen molar-refractivity contribution in [1.82, 2.24) is 4.57 Å². The average molecular weight is 351 g/mol. The van der Waals surface area contributed by atoms with Gasteiger partial charge < -0.3 is 9.84 Å². The Kier molecular flexibility index (Phi) is 3.54. The van der Waals surface area contributed by atoms with Crippen LogP contribution in [0.2, 0.25) is 0 Å². The first-order valence-corrected chi connectivity index (χ1v) is 8.38. The molecule has 0 aliphatic carbocycles. The number of ether oxygens (including phenoxy) is 1. The second kappa shape index (κ2) is 5.75. The molecule has 2 heterocycles. The van der Waals surface area contributed by atoms with E-state index in [0.29, 0.717) is 26.7 Å². The van der Waals surface area contributed by atoms with Gasteiger partial charge in [-0.15, -0.1) is 11.3 Å². The normalized spacial score (nSPS) is 11.1. The molecule has 0 spiro atoms. The van der Waals surface area contributed by atoms with E-state index in [1.165, 1.54) is 11.7 Å². The van der Waals surface area contributed by atoms with E-state index in [1.807, 2.05) is 30.3 Å². The lowest BCUT2D eigenvalue weighted by atomic mass is 10.1. The number of methoxy groups -OCH3 is 1. The predicted molar refractivity (Wildman–Crippen MR) is 97.9 cm³/mol. The Bertz CT molecular complexity index is 1170. The first kappa shape index (κ1) is 15.4. The van der Waals surface area contributed by atoms with Gasteiger partial charge in [-0.25, -0.2) is 4.79 Å². The fourth-order valence-corrected chi connectivity index (χ4v) is 4.10. The number of benzene rings is 2. The molecule has 0 fully saturated rings. The highest BCUT2D eigenvalue weighted by molar-refractivity contribution is 7.21. The first-order valence-electron chi connectivity index (χ1n) is 7.56. The molecular formula is C19H13NO4S. The monoisotopic (exact) mass is 351 g/mol. The molecule has 2 aromatic carbocycles. The second-order valence-corrected chi connectivity index (χ2v) is 6.47. The van der Waals surface area contributed by atoms with Gasteiger partial charge in [0, 0.05) is 10.8 Å². The Balaban J connectivity index is 2.26. The van der Waals surface area contributed by atoms with Gasteiger partial charge in [-0.2, -0.15) is 0 Å². The molecule has 0 amide bonds. The molecule has 1 N–H and O–H groups in total. The van der Waals surface area contributed by atoms with Crippen molar-refractivity contribution in [1.29, 1.82) is 0 Å². The van der Waals surface area contributed by atoms with E-state index in [9.17, 15) is 14.7 Å². The molecule has 0 atom stereocenters. The SMILES string of the molecule is COC(=O)c1sc2c(c1O)c1ccccc1c(=O)n2-c1ccccc1. The van der Waals surface area contributed by atoms with E-state index in [2.05, 4.69) is 0 Å². The average Bonchev–Trinajstić information content (AvgIpc) is 2.99. The van der Waals surface area contributed by atoms with Crippen LogP contribution in [-0.4, -0.2) is 22.8 Å². The Hall–Kier alpha value is -3.12. The van der Waals surface area contributed by atoms with Crippen molar-refractivity contribution >= 4 is 38.3 Å². The van der Waals surface area contributed by atoms with Crippen LogP contribution in [0.5, 0.6) is 5.75 Å². The van der Waals surface area contributed by atoms with Crippen LogP contribution in [0.4, 0.5) is 0 Å². The highest BCUT2D eigenvalue weighted by Gasteiger charge is 2.24. The van der Waals surface area contributed by atoms with E-state index >= 15 is 0 Å². The fraction of sp³-hybridized carbons (Fsp3) is 0.0526. The molecular weight excluding hydrogens is 338 g/mol. The molecule has 6 heteroatoms. The fourth-order valence-electron chi connectivity index (χ4n) is 2.95. The summed E-state index contributed by atoms with van der Waals surface area (Å²) in [6, 6.07) is 16.2. The molecule has 25 heavy (non-hydrogen) atoms. The van der Waals surface area contributed by atoms with Gasteiger partial charge in [-0.05, 0) is 18.2 Å². The zero-order valence-electron chi connectivity index (χ0n) is 13.2. The Morgan fingerprint density at radius 2 is 1.68 bits per heavy atom. The van der Waals surface area contributed by atoms with Crippen molar-refractivity contribution in [2.75, 3.05) is 7.11 Å². The number of carbonyl (C=O) groups excluding carboxylic acids is 1. The van der Waals surface area contributed by atoms with E-state index in [1.54, 1.807) is 24.3 Å². The van der Waals surface area contributed by atoms with Crippen LogP contribution in [0, 0.1) is 0 Å². The quantitative estimate of drug-likeness (QED) is 0.559. The maximum atomic E-state index is 13.1. The summed E-state index contributed by atoms with van der Waals surface area (Å²) in [5, 5.41) is 12.2. The van der Waals surface area contributed by atoms with Gasteiger partial charge in [-0.1, -0.05) is 36.4 Å². The van der Waals surface area contributed by atoms with Crippen molar-refractivity contribution in [3.63, 3.8) is 0 Å². The maximum absolute atomic E-state index is 13.1. The summed E-state index contributed by atoms with van der Waals surface area (Å²) in [5.41, 5.74) is 0.466. The molecule has 0 bridgehead atoms. The maximum Gasteiger partial charge on any atom is 0.351 e. The lowest BCUT2D eigenvalue weighted by Gasteiger charge is -2.10. The highest BCUT2D eigenvalue weighted by atomic mass is 32.1. The van der Waals surface area contributed by atoms with Gasteiger partial charge in [0.25, 0.3) is 5.56 Å². The molecule has 0 radical (unpaired) electrons. The number of nitrogens with zero attached hydrogens (tertiary/aromatic N) is 1. The van der Waals surface area contributed by atoms with Crippen LogP contribution < -0.4 is 5.56 Å². The summed E-state index contributed by atoms with van der Waals surface area (Å²) in [5.74, 6) is -0.789. The van der Waals surface area contributed by atoms with Crippen molar-refractivity contribution in [3.8, 4) is 11.4 Å². The highest BCUT2D eigenvalue weighted by Crippen LogP contribution is 2.41. The van der Waals surface area contributed by atoms with Crippen LogP contribution >= 0.6 is 11.3 Å². The third-order valence-electron chi connectivity index (χ3n) is 4.08. The summed E-state index contributed by atoms with van der Waals surface area (Å²) in [7, 11) is 1.26. The number of rotatable bonds is 2. The number of esters is 1. The van der Waals surface area contributed by atoms with Gasteiger partial charge in [0.05, 0.1) is 18.2 Å². The number of fused-ring (bicyclic) bond motifs is 3. The Morgan fingerprint density at radius 1 is 1.04 bits per heavy atom. The molecule has 5 nitrogen and oxygen atoms in total. The number of thiophene rings is 1. The topological polar surface area (TPSA) is 68.5 Å². The summed E-state index contributed by atoms with van der Waals surface area (Å²) in [4.78, 5) is 25.7. The minimum atomic E-state index is -0.630. The number of hydrogen-bond acceptors (Lipinski definition) is 5. The summed E-state index contributed by atoms with van der Waals surface area (Å²) in [6.07, 6.45) is 0. The third kappa shape index (κ3) is 2.22. The second-order valence-electron chi connectivity index (χ2n) is 5.47. The van der Waals surface area contributed by atoms with E-state index in [4.69, 9.17) is 4.74 Å². The van der Waals surface area contributed by atoms with Gasteiger partial charge in [-0.3, -0.25) is 9.36 Å². The van der Waals surface area contributed by atoms with Crippen molar-refractivity contribution in [3.05, 3.63) is 69.8 Å². The van der Waals surface area contributed by atoms with Gasteiger partial charge in [0.2, 0.25) is 0 Å². The smallest absolute Gasteiger partial charge is 0.351 e. The summed E-state index contributed by atoms with van der Waals surface area (Å²) >= 11 is 1.05. The van der Waals surface area contributed by atoms with E-state index in [0.717, 1.165) is 11.3 Å². The van der Waals surface area contributed by atoms with Gasteiger partial charge >= 0.3 is 5.97 Å². The summed E-state index contributed by atoms with van der Waals surface area (Å²) < 4.78 is 6.28. The lowest BCUT2D eigenvalue weighted by Crippen LogP contribution is -2.18. The van der Waals surface area contributed by atoms with Crippen LogP contribution in [0.15, 0.2) is 59.4 Å². The van der Waals surface area contributed by atoms with Gasteiger partial charge in [0.1, 0.15) is 4.83 Å². The van der Waals surface area contributed by atoms with Crippen molar-refractivity contribution < 1.29 is 14.6 Å². The molecule has 0 saturated carbocycles. The number of aromatic hydroxyl groups is 1. The molecule has 4 rings (SSSR count). The molecule has 4 aromatic rings. The molecule has 124 valence electrons. The van der Waals surface area contributed by atoms with Crippen LogP contribution in [-0.2, 0) is 4.74 Å². The molecule has 0 aliphatic heterocycles. The largest absolute Gasteiger partial charge is 0.505 e. The number of para-hydroxylation sites is 1. The molecule has 2 aromatic heterocycles. The minimum Gasteiger partial charge on any atom is -0.505 e. The van der Waals surface area contributed by atoms with E-state index < -0.39 is 5.97 Å². The number of carbonyl (C=O) groups is 1. The van der Waals surface area contributed by atoms with Crippen molar-refractivity contribution in [2.24, 2.45) is 0 Å². The van der Waals surface area contributed by atoms with Crippen molar-refractivity contribution in [2.45, 2.75) is 0 Å². The Labute approximate surface area is 146 Å². The van der Waals surface area contributed by atoms with Crippen LogP contribution in [0.1, 0.15) is 9.67 Å². The minimum absolute atomic E-state index is 0.0814. The predicted octanol–water partition coefficient (Wildman–Crippen LogP) is 3.70. The molecule has 0 saturated heterocycles. The van der Waals surface area contributed by atoms with Crippen LogP contribution in [0.3, 0.4) is 0 Å². The molecule has 0 aliphatic rings. The van der Waals surface area contributed by atoms with E-state index in [-0.39, 0.29) is 16.2 Å². The first-order chi connectivity index (χ1) is 12.1.